The first-order valence-corrected chi connectivity index (χ1v) is 10.1. The molecule has 0 spiro atoms. The third-order valence-electron chi connectivity index (χ3n) is 6.94. The summed E-state index contributed by atoms with van der Waals surface area (Å²) in [5.74, 6) is -10.0. The number of aliphatic hydroxyl groups is 3. The number of alkyl halides is 3. The number of carbonyl (C=O) groups is 3. The molecule has 4 rings (SSSR count). The molecule has 0 aliphatic heterocycles. The van der Waals surface area contributed by atoms with Crippen LogP contribution in [0, 0.1) is 11.8 Å². The van der Waals surface area contributed by atoms with Crippen molar-refractivity contribution in [1.82, 2.24) is 0 Å². The molecule has 3 aliphatic rings. The number of phenolic OH excluding ortho intramolecular Hbond substituents is 1. The average Bonchev–Trinajstić information content (AvgIpc) is 2.69. The van der Waals surface area contributed by atoms with Crippen molar-refractivity contribution in [1.29, 1.82) is 0 Å². The maximum Gasteiger partial charge on any atom is 0.395 e. The van der Waals surface area contributed by atoms with E-state index in [9.17, 15) is 48.0 Å². The number of rotatable bonds is 2. The number of carbonyl (C=O) groups excluding carboxylic acids is 3. The zero-order valence-electron chi connectivity index (χ0n) is 17.2. The topological polar surface area (TPSA) is 158 Å². The normalized spacial score (nSPS) is 28.3. The number of primary amides is 1. The van der Waals surface area contributed by atoms with Crippen LogP contribution in [-0.4, -0.2) is 49.7 Å². The Kier molecular flexibility index (Phi) is 4.90. The van der Waals surface area contributed by atoms with Crippen molar-refractivity contribution in [2.45, 2.75) is 43.9 Å². The third kappa shape index (κ3) is 3.05. The van der Waals surface area contributed by atoms with Gasteiger partial charge in [0.1, 0.15) is 22.8 Å². The van der Waals surface area contributed by atoms with Gasteiger partial charge in [-0.1, -0.05) is 6.07 Å². The second-order valence-electron chi connectivity index (χ2n) is 8.70. The molecular weight excluding hydrogens is 447 g/mol. The first-order chi connectivity index (χ1) is 15.2. The molecule has 6 N–H and O–H groups in total. The summed E-state index contributed by atoms with van der Waals surface area (Å²) >= 11 is 0. The Labute approximate surface area is 184 Å². The smallest absolute Gasteiger partial charge is 0.395 e. The number of aromatic hydroxyl groups is 1. The van der Waals surface area contributed by atoms with E-state index in [2.05, 4.69) is 0 Å². The number of phenols is 1. The van der Waals surface area contributed by atoms with Gasteiger partial charge < -0.3 is 26.2 Å². The first kappa shape index (κ1) is 22.8. The van der Waals surface area contributed by atoms with Crippen molar-refractivity contribution in [3.8, 4) is 5.75 Å². The van der Waals surface area contributed by atoms with Gasteiger partial charge in [0.15, 0.2) is 11.4 Å². The second-order valence-corrected chi connectivity index (χ2v) is 8.70. The van der Waals surface area contributed by atoms with Gasteiger partial charge in [-0.05, 0) is 42.9 Å². The SMILES string of the molecule is CC(c1ccc(O)c2c1CC1CC3CC(=O)C(C(N)=O)=C(O)C3(O)C(=O)C1=C2O)C(F)(F)F. The van der Waals surface area contributed by atoms with Crippen molar-refractivity contribution < 1.29 is 48.0 Å². The van der Waals surface area contributed by atoms with Crippen LogP contribution in [0.3, 0.4) is 0 Å². The van der Waals surface area contributed by atoms with E-state index in [4.69, 9.17) is 5.73 Å². The van der Waals surface area contributed by atoms with Gasteiger partial charge in [0.25, 0.3) is 5.91 Å². The number of hydrogen-bond acceptors (Lipinski definition) is 7. The molecule has 1 saturated carbocycles. The van der Waals surface area contributed by atoms with Crippen LogP contribution in [0.5, 0.6) is 5.75 Å². The highest BCUT2D eigenvalue weighted by atomic mass is 19.4. The van der Waals surface area contributed by atoms with Gasteiger partial charge in [0.2, 0.25) is 5.78 Å². The Morgan fingerprint density at radius 3 is 2.39 bits per heavy atom. The highest BCUT2D eigenvalue weighted by Gasteiger charge is 2.60. The molecule has 0 aromatic heterocycles. The number of amides is 1. The van der Waals surface area contributed by atoms with Gasteiger partial charge in [0.05, 0.1) is 11.5 Å². The summed E-state index contributed by atoms with van der Waals surface area (Å²) in [5, 5.41) is 42.8. The molecule has 4 unspecified atom stereocenters. The van der Waals surface area contributed by atoms with Crippen LogP contribution in [-0.2, 0) is 20.8 Å². The minimum Gasteiger partial charge on any atom is -0.508 e. The maximum atomic E-state index is 13.4. The molecule has 0 bridgehead atoms. The predicted molar refractivity (Wildman–Crippen MR) is 106 cm³/mol. The van der Waals surface area contributed by atoms with Crippen LogP contribution in [0.25, 0.3) is 5.76 Å². The number of aliphatic hydroxyl groups excluding tert-OH is 2. The molecule has 11 heteroatoms. The molecular formula is C22H20F3NO7. The van der Waals surface area contributed by atoms with E-state index in [0.717, 1.165) is 19.1 Å². The summed E-state index contributed by atoms with van der Waals surface area (Å²) in [5.41, 5.74) is 0.521. The Bertz CT molecular complexity index is 1180. The molecule has 8 nitrogen and oxygen atoms in total. The van der Waals surface area contributed by atoms with Gasteiger partial charge in [-0.2, -0.15) is 13.2 Å². The molecule has 0 saturated heterocycles. The Morgan fingerprint density at radius 1 is 1.18 bits per heavy atom. The van der Waals surface area contributed by atoms with Crippen molar-refractivity contribution in [3.05, 3.63) is 45.7 Å². The number of nitrogens with two attached hydrogens (primary N) is 1. The molecule has 1 fully saturated rings. The van der Waals surface area contributed by atoms with Crippen molar-refractivity contribution in [3.63, 3.8) is 0 Å². The molecule has 1 amide bonds. The van der Waals surface area contributed by atoms with Crippen molar-refractivity contribution in [2.75, 3.05) is 0 Å². The van der Waals surface area contributed by atoms with E-state index >= 15 is 0 Å². The Morgan fingerprint density at radius 2 is 1.82 bits per heavy atom. The zero-order valence-corrected chi connectivity index (χ0v) is 17.2. The van der Waals surface area contributed by atoms with Crippen molar-refractivity contribution >= 4 is 23.2 Å². The van der Waals surface area contributed by atoms with Crippen molar-refractivity contribution in [2.24, 2.45) is 17.6 Å². The number of ketones is 2. The van der Waals surface area contributed by atoms with Gasteiger partial charge in [0, 0.05) is 17.9 Å². The van der Waals surface area contributed by atoms with Crippen LogP contribution in [0.2, 0.25) is 0 Å². The number of benzene rings is 1. The molecule has 1 aromatic carbocycles. The highest BCUT2D eigenvalue weighted by molar-refractivity contribution is 6.22. The fraction of sp³-hybridized carbons (Fsp3) is 0.409. The number of Topliss-reactive ketones (excluding diaryl/α,β-unsaturated/α-hetero) is 2. The van der Waals surface area contributed by atoms with E-state index in [1.54, 1.807) is 0 Å². The van der Waals surface area contributed by atoms with Crippen LogP contribution in [0.4, 0.5) is 13.2 Å². The summed E-state index contributed by atoms with van der Waals surface area (Å²) in [6, 6.07) is 2.07. The van der Waals surface area contributed by atoms with Crippen LogP contribution < -0.4 is 5.73 Å². The summed E-state index contributed by atoms with van der Waals surface area (Å²) in [4.78, 5) is 37.2. The lowest BCUT2D eigenvalue weighted by atomic mass is 9.59. The fourth-order valence-electron chi connectivity index (χ4n) is 5.23. The van der Waals surface area contributed by atoms with Crippen LogP contribution >= 0.6 is 0 Å². The minimum absolute atomic E-state index is 0.00374. The van der Waals surface area contributed by atoms with Crippen LogP contribution in [0.15, 0.2) is 29.0 Å². The molecule has 3 aliphatic carbocycles. The van der Waals surface area contributed by atoms with E-state index in [1.165, 1.54) is 0 Å². The molecule has 0 heterocycles. The van der Waals surface area contributed by atoms with Crippen LogP contribution in [0.1, 0.15) is 42.4 Å². The summed E-state index contributed by atoms with van der Waals surface area (Å²) in [6.07, 6.45) is -5.45. The van der Waals surface area contributed by atoms with Gasteiger partial charge >= 0.3 is 6.18 Å². The molecule has 33 heavy (non-hydrogen) atoms. The molecule has 176 valence electrons. The highest BCUT2D eigenvalue weighted by Crippen LogP contribution is 2.53. The standard InChI is InChI=1S/C22H20F3NO7/c1-7(22(23,24)25)10-2-3-12(27)15-11(10)5-8-4-9-6-13(28)16(20(26)32)19(31)21(9,33)18(30)14(8)17(15)29/h2-3,7-9,27,29,31,33H,4-6H2,1H3,(H2,26,32). The van der Waals surface area contributed by atoms with E-state index in [1.807, 2.05) is 0 Å². The second kappa shape index (κ2) is 7.08. The van der Waals surface area contributed by atoms with E-state index < -0.39 is 81.8 Å². The lowest BCUT2D eigenvalue weighted by Crippen LogP contribution is -2.58. The number of halogens is 3. The Hall–Kier alpha value is -3.34. The summed E-state index contributed by atoms with van der Waals surface area (Å²) < 4.78 is 40.3. The lowest BCUT2D eigenvalue weighted by Gasteiger charge is -2.46. The summed E-state index contributed by atoms with van der Waals surface area (Å²) in [6.45, 7) is 0.932. The van der Waals surface area contributed by atoms with E-state index in [0.29, 0.717) is 0 Å². The van der Waals surface area contributed by atoms with Gasteiger partial charge in [-0.25, -0.2) is 0 Å². The average molecular weight is 467 g/mol. The summed E-state index contributed by atoms with van der Waals surface area (Å²) in [7, 11) is 0. The molecule has 1 aromatic rings. The monoisotopic (exact) mass is 467 g/mol. The lowest BCUT2D eigenvalue weighted by molar-refractivity contribution is -0.148. The zero-order chi connectivity index (χ0) is 24.6. The molecule has 0 radical (unpaired) electrons. The minimum atomic E-state index is -4.61. The maximum absolute atomic E-state index is 13.4. The Balaban J connectivity index is 1.93. The number of hydrogen-bond donors (Lipinski definition) is 5. The van der Waals surface area contributed by atoms with Gasteiger partial charge in [-0.3, -0.25) is 14.4 Å². The molecule has 4 atom stereocenters. The van der Waals surface area contributed by atoms with Gasteiger partial charge in [-0.15, -0.1) is 0 Å². The predicted octanol–water partition coefficient (Wildman–Crippen LogP) is 2.09. The quantitative estimate of drug-likeness (QED) is 0.417. The first-order valence-electron chi connectivity index (χ1n) is 10.1. The fourth-order valence-corrected chi connectivity index (χ4v) is 5.23. The van der Waals surface area contributed by atoms with E-state index in [-0.39, 0.29) is 29.5 Å². The number of fused-ring (bicyclic) bond motifs is 3. The largest absolute Gasteiger partial charge is 0.508 e. The third-order valence-corrected chi connectivity index (χ3v) is 6.94.